The molecule has 23 heavy (non-hydrogen) atoms. The van der Waals surface area contributed by atoms with Crippen molar-refractivity contribution in [1.82, 2.24) is 5.32 Å². The molecule has 0 unspecified atom stereocenters. The molecule has 1 aromatic carbocycles. The molecule has 0 aliphatic heterocycles. The summed E-state index contributed by atoms with van der Waals surface area (Å²) in [5.41, 5.74) is -0.983. The van der Waals surface area contributed by atoms with E-state index in [0.29, 0.717) is 6.07 Å². The summed E-state index contributed by atoms with van der Waals surface area (Å²) in [6.45, 7) is 4.73. The number of amides is 1. The number of anilines is 1. The van der Waals surface area contributed by atoms with E-state index in [1.807, 2.05) is 0 Å². The van der Waals surface area contributed by atoms with Gasteiger partial charge in [-0.25, -0.2) is 22.0 Å². The van der Waals surface area contributed by atoms with Gasteiger partial charge < -0.3 is 10.1 Å². The number of ether oxygens (including phenoxy) is 1. The number of hydrogen-bond acceptors (Lipinski definition) is 4. The highest BCUT2D eigenvalue weighted by Gasteiger charge is 2.22. The minimum Gasteiger partial charge on any atom is -0.444 e. The normalized spacial score (nSPS) is 11.9. The van der Waals surface area contributed by atoms with Gasteiger partial charge >= 0.3 is 6.09 Å². The second-order valence-electron chi connectivity index (χ2n) is 5.86. The molecule has 6 nitrogen and oxygen atoms in total. The first-order chi connectivity index (χ1) is 10.4. The molecular formula is C14H20F2N2O4S. The molecule has 0 atom stereocenters. The maximum atomic E-state index is 13.8. The van der Waals surface area contributed by atoms with E-state index < -0.39 is 33.4 Å². The van der Waals surface area contributed by atoms with Gasteiger partial charge in [0.05, 0.1) is 18.5 Å². The largest absolute Gasteiger partial charge is 0.444 e. The van der Waals surface area contributed by atoms with Gasteiger partial charge in [0.1, 0.15) is 17.2 Å². The van der Waals surface area contributed by atoms with Crippen LogP contribution < -0.4 is 9.62 Å². The van der Waals surface area contributed by atoms with Crippen LogP contribution in [0.1, 0.15) is 20.8 Å². The van der Waals surface area contributed by atoms with Crippen LogP contribution in [0, 0.1) is 11.6 Å². The van der Waals surface area contributed by atoms with E-state index in [0.717, 1.165) is 22.7 Å². The third-order valence-electron chi connectivity index (χ3n) is 2.56. The Hall–Kier alpha value is -1.90. The second kappa shape index (κ2) is 7.12. The van der Waals surface area contributed by atoms with E-state index in [1.165, 1.54) is 0 Å². The molecule has 0 aliphatic carbocycles. The number of hydrogen-bond donors (Lipinski definition) is 1. The fourth-order valence-corrected chi connectivity index (χ4v) is 2.65. The number of nitrogens with zero attached hydrogens (tertiary/aromatic N) is 1. The Morgan fingerprint density at radius 2 is 1.91 bits per heavy atom. The van der Waals surface area contributed by atoms with Crippen molar-refractivity contribution in [1.29, 1.82) is 0 Å². The molecule has 1 N–H and O–H groups in total. The van der Waals surface area contributed by atoms with E-state index in [2.05, 4.69) is 5.32 Å². The third-order valence-corrected chi connectivity index (χ3v) is 3.74. The van der Waals surface area contributed by atoms with Crippen LogP contribution in [-0.2, 0) is 14.8 Å². The number of sulfonamides is 1. The maximum absolute atomic E-state index is 13.8. The Balaban J connectivity index is 2.80. The molecule has 1 aromatic rings. The highest BCUT2D eigenvalue weighted by molar-refractivity contribution is 7.92. The van der Waals surface area contributed by atoms with Gasteiger partial charge in [-0.1, -0.05) is 0 Å². The Labute approximate surface area is 134 Å². The number of benzene rings is 1. The number of carbonyl (C=O) groups is 1. The van der Waals surface area contributed by atoms with Gasteiger partial charge in [-0.2, -0.15) is 0 Å². The lowest BCUT2D eigenvalue weighted by Gasteiger charge is -2.24. The standard InChI is InChI=1S/C14H20F2N2O4S/c1-14(2,3)22-13(19)17-7-8-18(23(4,20)21)12-6-5-10(15)9-11(12)16/h5-6,9H,7-8H2,1-4H3,(H,17,19). The van der Waals surface area contributed by atoms with E-state index >= 15 is 0 Å². The number of rotatable bonds is 5. The summed E-state index contributed by atoms with van der Waals surface area (Å²) in [6, 6.07) is 2.58. The SMILES string of the molecule is CC(C)(C)OC(=O)NCCN(c1ccc(F)cc1F)S(C)(=O)=O. The Morgan fingerprint density at radius 1 is 1.30 bits per heavy atom. The van der Waals surface area contributed by atoms with Crippen molar-refractivity contribution in [3.05, 3.63) is 29.8 Å². The predicted molar refractivity (Wildman–Crippen MR) is 82.8 cm³/mol. The molecule has 9 heteroatoms. The molecule has 1 rings (SSSR count). The zero-order chi connectivity index (χ0) is 17.8. The molecule has 0 fully saturated rings. The van der Waals surface area contributed by atoms with Crippen molar-refractivity contribution in [2.45, 2.75) is 26.4 Å². The van der Waals surface area contributed by atoms with Gasteiger partial charge in [0.2, 0.25) is 10.0 Å². The van der Waals surface area contributed by atoms with E-state index in [1.54, 1.807) is 20.8 Å². The summed E-state index contributed by atoms with van der Waals surface area (Å²) in [5, 5.41) is 2.38. The monoisotopic (exact) mass is 350 g/mol. The minimum absolute atomic E-state index is 0.0984. The fourth-order valence-electron chi connectivity index (χ4n) is 1.72. The van der Waals surface area contributed by atoms with Gasteiger partial charge in [0.25, 0.3) is 0 Å². The van der Waals surface area contributed by atoms with E-state index in [9.17, 15) is 22.0 Å². The van der Waals surface area contributed by atoms with Crippen LogP contribution in [0.3, 0.4) is 0 Å². The van der Waals surface area contributed by atoms with E-state index in [-0.39, 0.29) is 18.8 Å². The number of halogens is 2. The zero-order valence-electron chi connectivity index (χ0n) is 13.4. The number of nitrogens with one attached hydrogen (secondary N) is 1. The van der Waals surface area contributed by atoms with E-state index in [4.69, 9.17) is 4.74 Å². The molecule has 0 bridgehead atoms. The molecule has 0 aromatic heterocycles. The fraction of sp³-hybridized carbons (Fsp3) is 0.500. The summed E-state index contributed by atoms with van der Waals surface area (Å²) < 4.78 is 56.1. The Bertz CT molecular complexity index is 672. The molecule has 0 saturated heterocycles. The van der Waals surface area contributed by atoms with Crippen LogP contribution >= 0.6 is 0 Å². The Morgan fingerprint density at radius 3 is 2.39 bits per heavy atom. The average Bonchev–Trinajstić information content (AvgIpc) is 2.32. The molecule has 0 aliphatic rings. The molecule has 0 spiro atoms. The predicted octanol–water partition coefficient (Wildman–Crippen LogP) is 2.26. The summed E-state index contributed by atoms with van der Waals surface area (Å²) >= 11 is 0. The summed E-state index contributed by atoms with van der Waals surface area (Å²) in [7, 11) is -3.81. The van der Waals surface area contributed by atoms with Crippen molar-refractivity contribution in [3.8, 4) is 0 Å². The average molecular weight is 350 g/mol. The quantitative estimate of drug-likeness (QED) is 0.884. The second-order valence-corrected chi connectivity index (χ2v) is 7.77. The lowest BCUT2D eigenvalue weighted by Crippen LogP contribution is -2.40. The summed E-state index contributed by atoms with van der Waals surface area (Å²) in [5.74, 6) is -1.82. The molecule has 0 saturated carbocycles. The van der Waals surface area contributed by atoms with Crippen molar-refractivity contribution >= 4 is 21.8 Å². The van der Waals surface area contributed by atoms with Crippen molar-refractivity contribution < 1.29 is 26.7 Å². The summed E-state index contributed by atoms with van der Waals surface area (Å²) in [4.78, 5) is 11.5. The highest BCUT2D eigenvalue weighted by atomic mass is 32.2. The first kappa shape index (κ1) is 19.1. The molecule has 0 radical (unpaired) electrons. The van der Waals surface area contributed by atoms with Gasteiger partial charge in [0.15, 0.2) is 0 Å². The number of carbonyl (C=O) groups excluding carboxylic acids is 1. The Kier molecular flexibility index (Phi) is 5.92. The van der Waals surface area contributed by atoms with Gasteiger partial charge in [-0.05, 0) is 32.9 Å². The van der Waals surface area contributed by atoms with Gasteiger partial charge in [0, 0.05) is 12.6 Å². The van der Waals surface area contributed by atoms with Crippen LogP contribution in [0.4, 0.5) is 19.3 Å². The van der Waals surface area contributed by atoms with Crippen LogP contribution in [0.2, 0.25) is 0 Å². The van der Waals surface area contributed by atoms with Crippen LogP contribution in [0.25, 0.3) is 0 Å². The summed E-state index contributed by atoms with van der Waals surface area (Å²) in [6.07, 6.45) is 0.175. The highest BCUT2D eigenvalue weighted by Crippen LogP contribution is 2.22. The maximum Gasteiger partial charge on any atom is 0.407 e. The minimum atomic E-state index is -3.81. The lowest BCUT2D eigenvalue weighted by molar-refractivity contribution is 0.0529. The van der Waals surface area contributed by atoms with Crippen molar-refractivity contribution in [3.63, 3.8) is 0 Å². The lowest BCUT2D eigenvalue weighted by atomic mass is 10.2. The smallest absolute Gasteiger partial charge is 0.407 e. The zero-order valence-corrected chi connectivity index (χ0v) is 14.2. The topological polar surface area (TPSA) is 75.7 Å². The van der Waals surface area contributed by atoms with Crippen molar-refractivity contribution in [2.75, 3.05) is 23.7 Å². The molecular weight excluding hydrogens is 330 g/mol. The third kappa shape index (κ3) is 6.39. The molecule has 0 heterocycles. The van der Waals surface area contributed by atoms with Crippen molar-refractivity contribution in [2.24, 2.45) is 0 Å². The van der Waals surface area contributed by atoms with Crippen LogP contribution in [-0.4, -0.2) is 39.5 Å². The van der Waals surface area contributed by atoms with Gasteiger partial charge in [-0.3, -0.25) is 4.31 Å². The number of alkyl carbamates (subject to hydrolysis) is 1. The van der Waals surface area contributed by atoms with Crippen LogP contribution in [0.5, 0.6) is 0 Å². The first-order valence-corrected chi connectivity index (χ1v) is 8.64. The molecule has 130 valence electrons. The van der Waals surface area contributed by atoms with Crippen LogP contribution in [0.15, 0.2) is 18.2 Å². The van der Waals surface area contributed by atoms with Gasteiger partial charge in [-0.15, -0.1) is 0 Å². The first-order valence-electron chi connectivity index (χ1n) is 6.80. The molecule has 1 amide bonds.